The van der Waals surface area contributed by atoms with E-state index >= 15 is 0 Å². The Balaban J connectivity index is 1.88. The molecule has 0 aliphatic heterocycles. The Kier molecular flexibility index (Phi) is 5.25. The van der Waals surface area contributed by atoms with Crippen molar-refractivity contribution >= 4 is 11.3 Å². The first-order valence-corrected chi connectivity index (χ1v) is 7.91. The number of hydrogen-bond acceptors (Lipinski definition) is 6. The van der Waals surface area contributed by atoms with E-state index in [4.69, 9.17) is 10.3 Å². The molecule has 20 heavy (non-hydrogen) atoms. The third-order valence-electron chi connectivity index (χ3n) is 3.21. The van der Waals surface area contributed by atoms with Crippen LogP contribution in [-0.2, 0) is 6.42 Å². The minimum absolute atomic E-state index is 0.258. The molecule has 0 bridgehead atoms. The van der Waals surface area contributed by atoms with Gasteiger partial charge < -0.3 is 10.3 Å². The summed E-state index contributed by atoms with van der Waals surface area (Å²) in [5.74, 6) is 1.72. The highest BCUT2D eigenvalue weighted by atomic mass is 32.1. The van der Waals surface area contributed by atoms with Gasteiger partial charge in [-0.1, -0.05) is 18.5 Å². The van der Waals surface area contributed by atoms with Crippen LogP contribution in [0, 0.1) is 6.92 Å². The number of aromatic nitrogens is 3. The van der Waals surface area contributed by atoms with E-state index in [1.54, 1.807) is 11.3 Å². The monoisotopic (exact) mass is 294 g/mol. The van der Waals surface area contributed by atoms with Gasteiger partial charge in [0.2, 0.25) is 5.89 Å². The average Bonchev–Trinajstić information content (AvgIpc) is 2.99. The molecule has 2 aromatic rings. The lowest BCUT2D eigenvalue weighted by atomic mass is 10.0. The van der Waals surface area contributed by atoms with E-state index in [1.807, 2.05) is 19.2 Å². The van der Waals surface area contributed by atoms with Crippen molar-refractivity contribution in [1.82, 2.24) is 15.1 Å². The topological polar surface area (TPSA) is 77.8 Å². The van der Waals surface area contributed by atoms with Crippen molar-refractivity contribution in [3.63, 3.8) is 0 Å². The molecule has 6 heteroatoms. The molecule has 2 unspecified atom stereocenters. The van der Waals surface area contributed by atoms with Crippen LogP contribution in [0.3, 0.4) is 0 Å². The van der Waals surface area contributed by atoms with Crippen LogP contribution in [0.15, 0.2) is 9.90 Å². The van der Waals surface area contributed by atoms with Gasteiger partial charge in [-0.05, 0) is 26.7 Å². The molecule has 0 spiro atoms. The summed E-state index contributed by atoms with van der Waals surface area (Å²) in [4.78, 5) is 8.88. The molecule has 2 rings (SSSR count). The molecular weight excluding hydrogens is 272 g/mol. The molecule has 0 aromatic carbocycles. The van der Waals surface area contributed by atoms with Gasteiger partial charge in [-0.3, -0.25) is 0 Å². The molecule has 2 aromatic heterocycles. The molecule has 2 N–H and O–H groups in total. The van der Waals surface area contributed by atoms with Crippen molar-refractivity contribution in [2.24, 2.45) is 5.73 Å². The van der Waals surface area contributed by atoms with Gasteiger partial charge >= 0.3 is 0 Å². The fourth-order valence-electron chi connectivity index (χ4n) is 2.06. The summed E-state index contributed by atoms with van der Waals surface area (Å²) < 4.78 is 5.35. The highest BCUT2D eigenvalue weighted by Crippen LogP contribution is 2.21. The number of aryl methyl sites for hydroxylation is 1. The molecule has 0 saturated heterocycles. The number of thiazole rings is 1. The van der Waals surface area contributed by atoms with Gasteiger partial charge in [0.25, 0.3) is 0 Å². The predicted octanol–water partition coefficient (Wildman–Crippen LogP) is 3.05. The summed E-state index contributed by atoms with van der Waals surface area (Å²) in [6.45, 7) is 6.15. The molecule has 0 saturated carbocycles. The van der Waals surface area contributed by atoms with Crippen molar-refractivity contribution in [2.45, 2.75) is 58.4 Å². The molecule has 0 aliphatic carbocycles. The highest BCUT2D eigenvalue weighted by Gasteiger charge is 2.15. The van der Waals surface area contributed by atoms with Gasteiger partial charge in [-0.25, -0.2) is 4.98 Å². The Bertz CT molecular complexity index is 535. The second kappa shape index (κ2) is 6.95. The Morgan fingerprint density at radius 1 is 1.30 bits per heavy atom. The highest BCUT2D eigenvalue weighted by molar-refractivity contribution is 7.09. The number of nitrogens with zero attached hydrogens (tertiary/aromatic N) is 3. The van der Waals surface area contributed by atoms with Gasteiger partial charge in [0.1, 0.15) is 0 Å². The Morgan fingerprint density at radius 2 is 2.10 bits per heavy atom. The van der Waals surface area contributed by atoms with Crippen molar-refractivity contribution in [2.75, 3.05) is 0 Å². The maximum Gasteiger partial charge on any atom is 0.229 e. The van der Waals surface area contributed by atoms with Gasteiger partial charge in [0.05, 0.1) is 17.1 Å². The number of nitrogens with two attached hydrogens (primary N) is 1. The van der Waals surface area contributed by atoms with Crippen LogP contribution in [0.1, 0.15) is 61.4 Å². The van der Waals surface area contributed by atoms with Crippen LogP contribution in [0.4, 0.5) is 0 Å². The van der Waals surface area contributed by atoms with E-state index in [1.165, 1.54) is 0 Å². The Labute approximate surface area is 123 Å². The van der Waals surface area contributed by atoms with Crippen molar-refractivity contribution in [1.29, 1.82) is 0 Å². The second-order valence-corrected chi connectivity index (χ2v) is 6.45. The van der Waals surface area contributed by atoms with Crippen molar-refractivity contribution in [3.05, 3.63) is 27.8 Å². The van der Waals surface area contributed by atoms with E-state index in [0.717, 1.165) is 35.9 Å². The minimum Gasteiger partial charge on any atom is -0.339 e. The first kappa shape index (κ1) is 15.1. The molecule has 2 heterocycles. The van der Waals surface area contributed by atoms with Crippen LogP contribution in [0.5, 0.6) is 0 Å². The van der Waals surface area contributed by atoms with Crippen LogP contribution in [0.2, 0.25) is 0 Å². The first-order chi connectivity index (χ1) is 9.54. The van der Waals surface area contributed by atoms with Crippen LogP contribution in [-0.4, -0.2) is 21.2 Å². The van der Waals surface area contributed by atoms with E-state index in [0.29, 0.717) is 12.2 Å². The van der Waals surface area contributed by atoms with Crippen LogP contribution in [0.25, 0.3) is 0 Å². The van der Waals surface area contributed by atoms with E-state index in [-0.39, 0.29) is 12.0 Å². The summed E-state index contributed by atoms with van der Waals surface area (Å²) in [7, 11) is 0. The van der Waals surface area contributed by atoms with Crippen LogP contribution >= 0.6 is 11.3 Å². The molecule has 0 amide bonds. The Hall–Kier alpha value is -1.27. The number of hydrogen-bond donors (Lipinski definition) is 1. The molecule has 110 valence electrons. The molecule has 5 nitrogen and oxygen atoms in total. The SMILES string of the molecule is Cc1nc(Cc2noc(C(C)CCCC(C)N)n2)cs1. The van der Waals surface area contributed by atoms with E-state index in [2.05, 4.69) is 22.0 Å². The van der Waals surface area contributed by atoms with Crippen molar-refractivity contribution in [3.8, 4) is 0 Å². The van der Waals surface area contributed by atoms with Crippen LogP contribution < -0.4 is 5.73 Å². The lowest BCUT2D eigenvalue weighted by Gasteiger charge is -2.07. The summed E-state index contributed by atoms with van der Waals surface area (Å²) in [5.41, 5.74) is 6.76. The third kappa shape index (κ3) is 4.38. The fourth-order valence-corrected chi connectivity index (χ4v) is 2.67. The molecule has 0 radical (unpaired) electrons. The van der Waals surface area contributed by atoms with Gasteiger partial charge in [0, 0.05) is 17.3 Å². The van der Waals surface area contributed by atoms with Crippen molar-refractivity contribution < 1.29 is 4.52 Å². The Morgan fingerprint density at radius 3 is 2.75 bits per heavy atom. The molecule has 0 aliphatic rings. The van der Waals surface area contributed by atoms with E-state index < -0.39 is 0 Å². The zero-order valence-electron chi connectivity index (χ0n) is 12.3. The van der Waals surface area contributed by atoms with Gasteiger partial charge in [-0.15, -0.1) is 11.3 Å². The molecular formula is C14H22N4OS. The zero-order valence-corrected chi connectivity index (χ0v) is 13.1. The zero-order chi connectivity index (χ0) is 14.5. The average molecular weight is 294 g/mol. The van der Waals surface area contributed by atoms with E-state index in [9.17, 15) is 0 Å². The molecule has 0 fully saturated rings. The lowest BCUT2D eigenvalue weighted by Crippen LogP contribution is -2.14. The lowest BCUT2D eigenvalue weighted by molar-refractivity contribution is 0.346. The predicted molar refractivity (Wildman–Crippen MR) is 79.9 cm³/mol. The quantitative estimate of drug-likeness (QED) is 0.849. The van der Waals surface area contributed by atoms with Gasteiger partial charge in [0.15, 0.2) is 5.82 Å². The fraction of sp³-hybridized carbons (Fsp3) is 0.643. The second-order valence-electron chi connectivity index (χ2n) is 5.39. The largest absolute Gasteiger partial charge is 0.339 e. The smallest absolute Gasteiger partial charge is 0.229 e. The number of rotatable bonds is 7. The maximum absolute atomic E-state index is 5.75. The normalized spacial score (nSPS) is 14.4. The minimum atomic E-state index is 0.258. The summed E-state index contributed by atoms with van der Waals surface area (Å²) >= 11 is 1.64. The summed E-state index contributed by atoms with van der Waals surface area (Å²) in [5, 5.41) is 7.14. The molecule has 2 atom stereocenters. The summed E-state index contributed by atoms with van der Waals surface area (Å²) in [6, 6.07) is 0.258. The standard InChI is InChI=1S/C14H22N4OS/c1-9(5-4-6-10(2)15)14-17-13(18-19-14)7-12-8-20-11(3)16-12/h8-10H,4-7,15H2,1-3H3. The first-order valence-electron chi connectivity index (χ1n) is 7.03. The van der Waals surface area contributed by atoms with Gasteiger partial charge in [-0.2, -0.15) is 4.98 Å². The summed E-state index contributed by atoms with van der Waals surface area (Å²) in [6.07, 6.45) is 3.78. The maximum atomic E-state index is 5.75. The third-order valence-corrected chi connectivity index (χ3v) is 4.03.